The molecule has 6 amide bonds. The largest absolute Gasteiger partial charge is 0.496 e. The normalized spacial score (nSPS) is 13.9. The van der Waals surface area contributed by atoms with Crippen LogP contribution in [0.5, 0.6) is 23.1 Å². The number of hydrogen-bond donors (Lipinski definition) is 7. The van der Waals surface area contributed by atoms with E-state index in [0.29, 0.717) is 112 Å². The van der Waals surface area contributed by atoms with Gasteiger partial charge in [-0.1, -0.05) is 86.0 Å². The van der Waals surface area contributed by atoms with Crippen molar-refractivity contribution >= 4 is 74.7 Å². The molecule has 1 saturated heterocycles. The maximum Gasteiger partial charge on any atom is 0.408 e. The van der Waals surface area contributed by atoms with E-state index in [4.69, 9.17) is 63.6 Å². The lowest BCUT2D eigenvalue weighted by Crippen LogP contribution is -2.58. The van der Waals surface area contributed by atoms with Gasteiger partial charge in [0.15, 0.2) is 5.82 Å². The van der Waals surface area contributed by atoms with Gasteiger partial charge in [-0.25, -0.2) is 38.7 Å². The smallest absolute Gasteiger partial charge is 0.408 e. The van der Waals surface area contributed by atoms with Gasteiger partial charge in [0.2, 0.25) is 29.7 Å². The monoisotopic (exact) mass is 1500 g/mol. The minimum absolute atomic E-state index is 0.0141. The summed E-state index contributed by atoms with van der Waals surface area (Å²) in [6.07, 6.45) is 11.8. The van der Waals surface area contributed by atoms with Crippen molar-refractivity contribution in [3.63, 3.8) is 0 Å². The molecule has 0 unspecified atom stereocenters. The number of halogens is 2. The molecule has 4 atom stereocenters. The number of nitrogens with zero attached hydrogens (tertiary/aromatic N) is 6. The van der Waals surface area contributed by atoms with Gasteiger partial charge < -0.3 is 70.3 Å². The average molecular weight is 1500 g/mol. The van der Waals surface area contributed by atoms with Gasteiger partial charge in [0.1, 0.15) is 84.3 Å². The van der Waals surface area contributed by atoms with E-state index in [2.05, 4.69) is 65.3 Å². The van der Waals surface area contributed by atoms with Crippen LogP contribution in [0.2, 0.25) is 5.02 Å². The minimum Gasteiger partial charge on any atom is -0.496 e. The topological polar surface area (TPSA) is 319 Å². The summed E-state index contributed by atoms with van der Waals surface area (Å²) < 4.78 is 51.2. The van der Waals surface area contributed by atoms with E-state index in [9.17, 15) is 38.3 Å². The number of carboxylic acid groups (broad SMARTS) is 1. The zero-order valence-corrected chi connectivity index (χ0v) is 62.5. The number of amides is 6. The average Bonchev–Trinajstić information content (AvgIpc) is 1.58. The maximum absolute atomic E-state index is 14.5. The van der Waals surface area contributed by atoms with Crippen molar-refractivity contribution in [1.29, 1.82) is 0 Å². The number of rotatable bonds is 34. The number of piperazine rings is 1. The zero-order chi connectivity index (χ0) is 77.0. The number of ether oxygens (including phenoxy) is 6. The highest BCUT2D eigenvalue weighted by molar-refractivity contribution is 7.22. The predicted molar refractivity (Wildman–Crippen MR) is 406 cm³/mol. The molecule has 0 aliphatic carbocycles. The number of aliphatic carboxylic acids is 1. The Balaban J connectivity index is 0.855. The summed E-state index contributed by atoms with van der Waals surface area (Å²) >= 11 is 8.60. The number of alkyl carbamates (subject to hydrolysis) is 1. The van der Waals surface area contributed by atoms with Crippen molar-refractivity contribution in [1.82, 2.24) is 46.1 Å². The number of fused-ring (bicyclic) bond motifs is 1. The van der Waals surface area contributed by atoms with Gasteiger partial charge in [-0.3, -0.25) is 19.3 Å². The van der Waals surface area contributed by atoms with E-state index in [0.717, 1.165) is 37.3 Å². The molecule has 1 aliphatic heterocycles. The van der Waals surface area contributed by atoms with Crippen LogP contribution in [-0.2, 0) is 54.8 Å². The third kappa shape index (κ3) is 22.1. The third-order valence-electron chi connectivity index (χ3n) is 17.7. The third-order valence-corrected chi connectivity index (χ3v) is 19.4. The lowest BCUT2D eigenvalue weighted by Gasteiger charge is -2.42. The molecular formula is C79H89ClFN12O13S+. The quantitative estimate of drug-likeness (QED) is 0.0112. The number of carbonyl (C=O) groups excluding carboxylic acids is 5. The molecule has 3 aromatic heterocycles. The highest BCUT2D eigenvalue weighted by Crippen LogP contribution is 2.50. The van der Waals surface area contributed by atoms with Crippen LogP contribution in [0.15, 0.2) is 122 Å². The molecule has 9 rings (SSSR count). The molecular weight excluding hydrogens is 1410 g/mol. The number of likely N-dealkylation sites (N-methyl/N-ethyl adjacent to an activating group) is 1. The molecule has 0 radical (unpaired) electrons. The van der Waals surface area contributed by atoms with E-state index in [-0.39, 0.29) is 57.9 Å². The van der Waals surface area contributed by atoms with Crippen molar-refractivity contribution in [3.05, 3.63) is 161 Å². The van der Waals surface area contributed by atoms with Crippen molar-refractivity contribution in [2.24, 2.45) is 11.7 Å². The molecule has 1 aliphatic rings. The Labute approximate surface area is 630 Å². The Morgan fingerprint density at radius 1 is 0.813 bits per heavy atom. The first kappa shape index (κ1) is 80.2. The molecule has 25 nitrogen and oxygen atoms in total. The van der Waals surface area contributed by atoms with Crippen LogP contribution >= 0.6 is 22.9 Å². The van der Waals surface area contributed by atoms with Gasteiger partial charge in [0.05, 0.1) is 55.5 Å². The molecule has 107 heavy (non-hydrogen) atoms. The van der Waals surface area contributed by atoms with Crippen LogP contribution in [0.3, 0.4) is 0 Å². The highest BCUT2D eigenvalue weighted by atomic mass is 35.5. The van der Waals surface area contributed by atoms with Crippen LogP contribution in [0.1, 0.15) is 81.8 Å². The summed E-state index contributed by atoms with van der Waals surface area (Å²) in [6, 6.07) is 27.2. The van der Waals surface area contributed by atoms with Gasteiger partial charge in [-0.2, -0.15) is 0 Å². The van der Waals surface area contributed by atoms with E-state index in [1.54, 1.807) is 103 Å². The lowest BCUT2D eigenvalue weighted by molar-refractivity contribution is -0.926. The first-order valence-corrected chi connectivity index (χ1v) is 36.0. The predicted octanol–water partition coefficient (Wildman–Crippen LogP) is 10.7. The van der Waals surface area contributed by atoms with E-state index >= 15 is 0 Å². The number of hydrogen-bond acceptors (Lipinski definition) is 18. The van der Waals surface area contributed by atoms with E-state index in [1.165, 1.54) is 29.8 Å². The van der Waals surface area contributed by atoms with Crippen molar-refractivity contribution in [3.8, 4) is 80.8 Å². The van der Waals surface area contributed by atoms with Crippen LogP contribution in [0.4, 0.5) is 19.7 Å². The Morgan fingerprint density at radius 2 is 1.55 bits per heavy atom. The summed E-state index contributed by atoms with van der Waals surface area (Å²) in [5.74, 6) is 2.69. The highest BCUT2D eigenvalue weighted by Gasteiger charge is 2.35. The van der Waals surface area contributed by atoms with Gasteiger partial charge >= 0.3 is 18.1 Å². The number of terminal acetylenes is 2. The molecule has 8 aromatic rings. The van der Waals surface area contributed by atoms with Crippen LogP contribution < -0.4 is 51.3 Å². The molecule has 28 heteroatoms. The second-order valence-corrected chi connectivity index (χ2v) is 28.6. The number of urea groups is 1. The molecule has 8 N–H and O–H groups in total. The standard InChI is InChI=1S/C79H88ClFN12O13S/c1-11-18-59(90-78(100)106-79(6,7)8)72(95)91-68(48(3)4)73(96)89-60(21-17-33-84-77(82)99)71(94)88-55-29-26-52(53(42-55)45-102-40-12-2)44-93(9)38-35-92(36-39-93)37-41-103-63-31-30-57(49(5)67(63)80)65-66-74(85-47-86-75(66)107-69(65)50-24-27-54(81)28-25-50)105-64(76(97)98)43-51-19-13-15-22-61(51)104-46-56-32-34-83-70(87-56)58-20-14-16-23-62(58)101-10/h1-2,13-16,19-20,22-32,34,42,47-48,59-60,64,68H,17-18,21,33,35-41,43-46H2,3-10H3,(H7-,82,84,88,89,90,91,94,95,96,97,98,99,100)/p+1/t59-,60-,64+,68-/m0/s1. The SMILES string of the molecule is C#CCOCc1cc(NC(=O)[C@H](CCCNC(N)=O)NC(=O)[C@@H](NC(=O)[C@H](CC#C)NC(=O)OC(C)(C)C)C(C)C)ccc1C[N+]1(C)CCN(CCOc2ccc(-c3c(-c4ccc(F)cc4)sc4ncnc(O[C@H](Cc5ccccc5OCc5ccnc(-c6ccccc6OC)n5)C(=O)O)c34)c(C)c2Cl)CC1. The first-order chi connectivity index (χ1) is 51.2. The fourth-order valence-corrected chi connectivity index (χ4v) is 13.5. The summed E-state index contributed by atoms with van der Waals surface area (Å²) in [4.78, 5) is 101. The maximum atomic E-state index is 14.5. The number of para-hydroxylation sites is 2. The molecule has 562 valence electrons. The van der Waals surface area contributed by atoms with Crippen molar-refractivity contribution < 1.29 is 71.2 Å². The van der Waals surface area contributed by atoms with Gasteiger partial charge in [0.25, 0.3) is 0 Å². The van der Waals surface area contributed by atoms with Crippen LogP contribution in [-0.4, -0.2) is 167 Å². The Bertz CT molecular complexity index is 4570. The number of thiophene rings is 1. The molecule has 5 aromatic carbocycles. The van der Waals surface area contributed by atoms with E-state index < -0.39 is 77.4 Å². The number of aromatic nitrogens is 4. The Hall–Kier alpha value is -10.9. The van der Waals surface area contributed by atoms with Gasteiger partial charge in [0, 0.05) is 66.9 Å². The van der Waals surface area contributed by atoms with Gasteiger partial charge in [-0.15, -0.1) is 30.1 Å². The first-order valence-electron chi connectivity index (χ1n) is 34.8. The van der Waals surface area contributed by atoms with Crippen LogP contribution in [0.25, 0.3) is 43.2 Å². The van der Waals surface area contributed by atoms with Gasteiger partial charge in [-0.05, 0) is 129 Å². The Morgan fingerprint density at radius 3 is 2.25 bits per heavy atom. The van der Waals surface area contributed by atoms with E-state index in [1.807, 2.05) is 49.4 Å². The molecule has 0 spiro atoms. The van der Waals surface area contributed by atoms with Crippen molar-refractivity contribution in [2.45, 2.75) is 117 Å². The lowest BCUT2D eigenvalue weighted by atomic mass is 9.96. The number of anilines is 1. The van der Waals surface area contributed by atoms with Crippen LogP contribution in [0, 0.1) is 43.3 Å². The second kappa shape index (κ2) is 37.3. The fraction of sp³-hybridized carbons (Fsp3) is 0.367. The number of carboxylic acids is 1. The molecule has 0 saturated carbocycles. The number of nitrogens with two attached hydrogens (primary N) is 1. The molecule has 0 bridgehead atoms. The summed E-state index contributed by atoms with van der Waals surface area (Å²) in [7, 11) is 3.76. The summed E-state index contributed by atoms with van der Waals surface area (Å²) in [6.45, 7) is 15.2. The molecule has 1 fully saturated rings. The van der Waals surface area contributed by atoms with Crippen molar-refractivity contribution in [2.75, 3.05) is 72.0 Å². The number of carbonyl (C=O) groups is 6. The fourth-order valence-electron chi connectivity index (χ4n) is 12.1. The number of primary amides is 1. The molecule has 4 heterocycles. The summed E-state index contributed by atoms with van der Waals surface area (Å²) in [5, 5.41) is 25.0. The number of nitrogens with one attached hydrogen (secondary N) is 5. The number of quaternary nitrogens is 1. The number of benzene rings is 5. The zero-order valence-electron chi connectivity index (χ0n) is 61.0. The number of methoxy groups -OCH3 is 1. The Kier molecular flexibility index (Phi) is 28.0. The minimum atomic E-state index is -1.46. The summed E-state index contributed by atoms with van der Waals surface area (Å²) in [5.41, 5.74) is 11.1. The second-order valence-electron chi connectivity index (χ2n) is 27.3.